The van der Waals surface area contributed by atoms with Crippen molar-refractivity contribution < 1.29 is 14.3 Å². The van der Waals surface area contributed by atoms with Crippen LogP contribution in [0.25, 0.3) is 0 Å². The lowest BCUT2D eigenvalue weighted by atomic mass is 9.83. The van der Waals surface area contributed by atoms with Crippen LogP contribution >= 0.6 is 0 Å². The van der Waals surface area contributed by atoms with Crippen LogP contribution in [0.3, 0.4) is 0 Å². The molecular formula is C17H23NO3. The van der Waals surface area contributed by atoms with E-state index in [4.69, 9.17) is 4.74 Å². The van der Waals surface area contributed by atoms with Crippen molar-refractivity contribution in [1.29, 1.82) is 0 Å². The molecule has 0 spiro atoms. The van der Waals surface area contributed by atoms with E-state index in [2.05, 4.69) is 6.92 Å². The van der Waals surface area contributed by atoms with Crippen LogP contribution in [-0.4, -0.2) is 29.9 Å². The van der Waals surface area contributed by atoms with Crippen molar-refractivity contribution in [2.75, 3.05) is 13.1 Å². The average molecular weight is 289 g/mol. The number of benzene rings is 1. The Hall–Kier alpha value is -1.84. The Bertz CT molecular complexity index is 486. The highest BCUT2D eigenvalue weighted by Crippen LogP contribution is 2.26. The first-order valence-electron chi connectivity index (χ1n) is 7.51. The maximum atomic E-state index is 12.1. The second-order valence-corrected chi connectivity index (χ2v) is 5.92. The molecule has 21 heavy (non-hydrogen) atoms. The first kappa shape index (κ1) is 15.5. The van der Waals surface area contributed by atoms with Gasteiger partial charge in [0.15, 0.2) is 0 Å². The number of carbonyl (C=O) groups is 2. The third-order valence-electron chi connectivity index (χ3n) is 4.10. The molecule has 1 aliphatic rings. The molecule has 0 N–H and O–H groups in total. The number of carbonyl (C=O) groups excluding carboxylic acids is 2. The summed E-state index contributed by atoms with van der Waals surface area (Å²) in [5, 5.41) is 0. The molecule has 2 rings (SSSR count). The van der Waals surface area contributed by atoms with Gasteiger partial charge in [-0.25, -0.2) is 4.79 Å². The highest BCUT2D eigenvalue weighted by molar-refractivity contribution is 5.75. The average Bonchev–Trinajstić information content (AvgIpc) is 2.47. The van der Waals surface area contributed by atoms with Gasteiger partial charge < -0.3 is 14.4 Å². The number of hydrogen-bond donors (Lipinski definition) is 0. The van der Waals surface area contributed by atoms with Gasteiger partial charge in [0.1, 0.15) is 12.4 Å². The van der Waals surface area contributed by atoms with Gasteiger partial charge in [-0.3, -0.25) is 0 Å². The molecule has 2 atom stereocenters. The lowest BCUT2D eigenvalue weighted by Crippen LogP contribution is -2.43. The summed E-state index contributed by atoms with van der Waals surface area (Å²) < 4.78 is 5.35. The van der Waals surface area contributed by atoms with Gasteiger partial charge in [-0.2, -0.15) is 0 Å². The zero-order valence-corrected chi connectivity index (χ0v) is 12.7. The molecule has 114 valence electrons. The lowest BCUT2D eigenvalue weighted by Gasteiger charge is -2.35. The van der Waals surface area contributed by atoms with E-state index in [0.29, 0.717) is 38.0 Å². The summed E-state index contributed by atoms with van der Waals surface area (Å²) in [4.78, 5) is 25.1. The van der Waals surface area contributed by atoms with Crippen LogP contribution in [0.1, 0.15) is 32.3 Å². The van der Waals surface area contributed by atoms with Crippen LogP contribution in [0.2, 0.25) is 0 Å². The summed E-state index contributed by atoms with van der Waals surface area (Å²) in [6.07, 6.45) is 1.24. The first-order valence-corrected chi connectivity index (χ1v) is 7.51. The maximum absolute atomic E-state index is 12.1. The molecule has 4 heteroatoms. The summed E-state index contributed by atoms with van der Waals surface area (Å²) in [5.74, 6) is 0.958. The minimum Gasteiger partial charge on any atom is -0.445 e. The number of ether oxygens (including phenoxy) is 1. The molecule has 2 unspecified atom stereocenters. The molecular weight excluding hydrogens is 266 g/mol. The molecule has 0 saturated carbocycles. The number of hydrogen-bond acceptors (Lipinski definition) is 3. The molecule has 1 saturated heterocycles. The zero-order valence-electron chi connectivity index (χ0n) is 12.7. The number of nitrogens with zero attached hydrogens (tertiary/aromatic N) is 1. The van der Waals surface area contributed by atoms with Gasteiger partial charge in [0, 0.05) is 19.5 Å². The standard InChI is InChI=1S/C17H23NO3/c1-13-11-18(9-8-16(13)10-14(2)19)17(20)21-12-15-6-4-3-5-7-15/h3-7,13,16H,8-12H2,1-2H3. The Morgan fingerprint density at radius 2 is 2.00 bits per heavy atom. The van der Waals surface area contributed by atoms with Crippen LogP contribution in [0.5, 0.6) is 0 Å². The van der Waals surface area contributed by atoms with Gasteiger partial charge in [0.05, 0.1) is 0 Å². The second kappa shape index (κ2) is 7.25. The molecule has 1 amide bonds. The molecule has 0 bridgehead atoms. The minimum atomic E-state index is -0.257. The fraction of sp³-hybridized carbons (Fsp3) is 0.529. The highest BCUT2D eigenvalue weighted by atomic mass is 16.6. The van der Waals surface area contributed by atoms with E-state index in [1.807, 2.05) is 30.3 Å². The number of rotatable bonds is 4. The van der Waals surface area contributed by atoms with Crippen molar-refractivity contribution in [1.82, 2.24) is 4.90 Å². The second-order valence-electron chi connectivity index (χ2n) is 5.92. The van der Waals surface area contributed by atoms with E-state index >= 15 is 0 Å². The number of piperidine rings is 1. The fourth-order valence-electron chi connectivity index (χ4n) is 2.84. The van der Waals surface area contributed by atoms with E-state index < -0.39 is 0 Å². The third-order valence-corrected chi connectivity index (χ3v) is 4.10. The Balaban J connectivity index is 1.80. The van der Waals surface area contributed by atoms with Crippen molar-refractivity contribution in [2.24, 2.45) is 11.8 Å². The minimum absolute atomic E-state index is 0.229. The number of ketones is 1. The quantitative estimate of drug-likeness (QED) is 0.854. The number of Topliss-reactive ketones (excluding diaryl/α,β-unsaturated/α-hetero) is 1. The van der Waals surface area contributed by atoms with Crippen LogP contribution in [0.15, 0.2) is 30.3 Å². The maximum Gasteiger partial charge on any atom is 0.410 e. The highest BCUT2D eigenvalue weighted by Gasteiger charge is 2.29. The lowest BCUT2D eigenvalue weighted by molar-refractivity contribution is -0.118. The fourth-order valence-corrected chi connectivity index (χ4v) is 2.84. The largest absolute Gasteiger partial charge is 0.445 e. The Labute approximate surface area is 126 Å². The molecule has 1 aromatic rings. The van der Waals surface area contributed by atoms with Crippen molar-refractivity contribution >= 4 is 11.9 Å². The molecule has 0 aromatic heterocycles. The summed E-state index contributed by atoms with van der Waals surface area (Å²) in [7, 11) is 0. The molecule has 1 heterocycles. The molecule has 4 nitrogen and oxygen atoms in total. The van der Waals surface area contributed by atoms with E-state index in [9.17, 15) is 9.59 Å². The van der Waals surface area contributed by atoms with E-state index in [-0.39, 0.29) is 11.9 Å². The predicted molar refractivity (Wildman–Crippen MR) is 80.8 cm³/mol. The van der Waals surface area contributed by atoms with E-state index in [1.165, 1.54) is 0 Å². The van der Waals surface area contributed by atoms with Gasteiger partial charge in [-0.1, -0.05) is 37.3 Å². The topological polar surface area (TPSA) is 46.6 Å². The van der Waals surface area contributed by atoms with Crippen molar-refractivity contribution in [2.45, 2.75) is 33.3 Å². The molecule has 1 fully saturated rings. The van der Waals surface area contributed by atoms with E-state index in [1.54, 1.807) is 11.8 Å². The molecule has 0 aliphatic carbocycles. The van der Waals surface area contributed by atoms with E-state index in [0.717, 1.165) is 12.0 Å². The number of amides is 1. The van der Waals surface area contributed by atoms with Gasteiger partial charge in [0.25, 0.3) is 0 Å². The molecule has 0 radical (unpaired) electrons. The summed E-state index contributed by atoms with van der Waals surface area (Å²) in [5.41, 5.74) is 0.991. The van der Waals surface area contributed by atoms with Gasteiger partial charge in [-0.05, 0) is 30.7 Å². The molecule has 1 aliphatic heterocycles. The Morgan fingerprint density at radius 1 is 1.29 bits per heavy atom. The zero-order chi connectivity index (χ0) is 15.2. The Morgan fingerprint density at radius 3 is 2.62 bits per heavy atom. The van der Waals surface area contributed by atoms with Crippen LogP contribution in [0, 0.1) is 11.8 Å². The summed E-state index contributed by atoms with van der Waals surface area (Å²) in [6, 6.07) is 9.67. The van der Waals surface area contributed by atoms with Crippen LogP contribution < -0.4 is 0 Å². The van der Waals surface area contributed by atoms with Gasteiger partial charge in [0.2, 0.25) is 0 Å². The Kier molecular flexibility index (Phi) is 5.37. The van der Waals surface area contributed by atoms with Crippen LogP contribution in [0.4, 0.5) is 4.79 Å². The predicted octanol–water partition coefficient (Wildman–Crippen LogP) is 3.26. The van der Waals surface area contributed by atoms with Crippen molar-refractivity contribution in [3.63, 3.8) is 0 Å². The van der Waals surface area contributed by atoms with Crippen molar-refractivity contribution in [3.8, 4) is 0 Å². The first-order chi connectivity index (χ1) is 10.1. The van der Waals surface area contributed by atoms with Crippen LogP contribution in [-0.2, 0) is 16.1 Å². The summed E-state index contributed by atoms with van der Waals surface area (Å²) >= 11 is 0. The normalized spacial score (nSPS) is 21.9. The van der Waals surface area contributed by atoms with Gasteiger partial charge >= 0.3 is 6.09 Å². The monoisotopic (exact) mass is 289 g/mol. The smallest absolute Gasteiger partial charge is 0.410 e. The number of likely N-dealkylation sites (tertiary alicyclic amines) is 1. The summed E-state index contributed by atoms with van der Waals surface area (Å²) in [6.45, 7) is 5.39. The van der Waals surface area contributed by atoms with Crippen molar-refractivity contribution in [3.05, 3.63) is 35.9 Å². The molecule has 1 aromatic carbocycles. The third kappa shape index (κ3) is 4.59. The SMILES string of the molecule is CC(=O)CC1CCN(C(=O)OCc2ccccc2)CC1C. The van der Waals surface area contributed by atoms with Gasteiger partial charge in [-0.15, -0.1) is 0 Å².